The van der Waals surface area contributed by atoms with Crippen LogP contribution >= 0.6 is 22.9 Å². The number of halogens is 1. The monoisotopic (exact) mass is 276 g/mol. The minimum Gasteiger partial charge on any atom is -0.395 e. The third-order valence-electron chi connectivity index (χ3n) is 2.86. The van der Waals surface area contributed by atoms with Crippen molar-refractivity contribution < 1.29 is 5.11 Å². The quantitative estimate of drug-likeness (QED) is 0.802. The van der Waals surface area contributed by atoms with Crippen molar-refractivity contribution in [1.82, 2.24) is 20.4 Å². The molecule has 1 aliphatic heterocycles. The Kier molecular flexibility index (Phi) is 5.12. The second-order valence-electron chi connectivity index (χ2n) is 4.20. The van der Waals surface area contributed by atoms with Gasteiger partial charge < -0.3 is 10.4 Å². The van der Waals surface area contributed by atoms with Crippen LogP contribution in [0.5, 0.6) is 0 Å². The maximum atomic E-state index is 9.07. The summed E-state index contributed by atoms with van der Waals surface area (Å²) in [7, 11) is 0. The molecule has 2 N–H and O–H groups in total. The van der Waals surface area contributed by atoms with Crippen LogP contribution in [0.3, 0.4) is 0 Å². The highest BCUT2D eigenvalue weighted by Crippen LogP contribution is 2.17. The van der Waals surface area contributed by atoms with Gasteiger partial charge in [-0.2, -0.15) is 0 Å². The summed E-state index contributed by atoms with van der Waals surface area (Å²) >= 11 is 7.16. The van der Waals surface area contributed by atoms with Gasteiger partial charge in [0.2, 0.25) is 4.47 Å². The number of aliphatic hydroxyl groups excluding tert-OH is 1. The first-order valence-electron chi connectivity index (χ1n) is 5.82. The van der Waals surface area contributed by atoms with E-state index in [0.717, 1.165) is 18.1 Å². The van der Waals surface area contributed by atoms with Gasteiger partial charge in [0, 0.05) is 19.1 Å². The van der Waals surface area contributed by atoms with Gasteiger partial charge in [0.25, 0.3) is 0 Å². The van der Waals surface area contributed by atoms with Crippen molar-refractivity contribution in [3.05, 3.63) is 9.47 Å². The molecule has 1 aromatic rings. The van der Waals surface area contributed by atoms with Gasteiger partial charge in [0.05, 0.1) is 13.2 Å². The molecule has 2 heterocycles. The Labute approximate surface area is 110 Å². The van der Waals surface area contributed by atoms with E-state index in [9.17, 15) is 0 Å². The van der Waals surface area contributed by atoms with Gasteiger partial charge in [-0.25, -0.2) is 0 Å². The second kappa shape index (κ2) is 6.61. The maximum absolute atomic E-state index is 9.07. The molecule has 5 nitrogen and oxygen atoms in total. The molecule has 2 rings (SSSR count). The molecular formula is C10H17ClN4OS. The molecule has 1 aliphatic rings. The highest BCUT2D eigenvalue weighted by atomic mass is 35.5. The zero-order chi connectivity index (χ0) is 12.1. The van der Waals surface area contributed by atoms with Crippen LogP contribution in [0, 0.1) is 0 Å². The fourth-order valence-corrected chi connectivity index (χ4v) is 3.00. The summed E-state index contributed by atoms with van der Waals surface area (Å²) < 4.78 is 0.475. The molecule has 1 aromatic heterocycles. The highest BCUT2D eigenvalue weighted by molar-refractivity contribution is 7.15. The Morgan fingerprint density at radius 2 is 2.41 bits per heavy atom. The summed E-state index contributed by atoms with van der Waals surface area (Å²) in [5.41, 5.74) is 0. The number of nitrogens with one attached hydrogen (secondary N) is 1. The smallest absolute Gasteiger partial charge is 0.207 e. The lowest BCUT2D eigenvalue weighted by Gasteiger charge is -2.23. The van der Waals surface area contributed by atoms with E-state index in [-0.39, 0.29) is 6.61 Å². The van der Waals surface area contributed by atoms with Crippen LogP contribution < -0.4 is 5.32 Å². The van der Waals surface area contributed by atoms with E-state index in [1.54, 1.807) is 0 Å². The van der Waals surface area contributed by atoms with Crippen molar-refractivity contribution in [3.8, 4) is 0 Å². The number of rotatable bonds is 6. The molecule has 1 unspecified atom stereocenters. The normalized spacial score (nSPS) is 20.3. The first-order chi connectivity index (χ1) is 8.28. The number of hydrogen-bond donors (Lipinski definition) is 2. The molecule has 0 aromatic carbocycles. The molecule has 0 spiro atoms. The number of aliphatic hydroxyl groups is 1. The van der Waals surface area contributed by atoms with Crippen molar-refractivity contribution in [1.29, 1.82) is 0 Å². The Bertz CT molecular complexity index is 343. The minimum absolute atomic E-state index is 0.166. The molecule has 17 heavy (non-hydrogen) atoms. The Morgan fingerprint density at radius 1 is 1.53 bits per heavy atom. The van der Waals surface area contributed by atoms with Gasteiger partial charge in [-0.15, -0.1) is 10.2 Å². The summed E-state index contributed by atoms with van der Waals surface area (Å²) in [5, 5.41) is 21.2. The Balaban J connectivity index is 1.87. The van der Waals surface area contributed by atoms with Crippen molar-refractivity contribution in [3.63, 3.8) is 0 Å². The molecule has 1 atom stereocenters. The fourth-order valence-electron chi connectivity index (χ4n) is 2.09. The molecule has 0 bridgehead atoms. The van der Waals surface area contributed by atoms with Crippen molar-refractivity contribution >= 4 is 22.9 Å². The van der Waals surface area contributed by atoms with Gasteiger partial charge in [-0.3, -0.25) is 4.90 Å². The van der Waals surface area contributed by atoms with Gasteiger partial charge in [-0.05, 0) is 31.0 Å². The van der Waals surface area contributed by atoms with E-state index in [4.69, 9.17) is 16.7 Å². The molecule has 0 aliphatic carbocycles. The van der Waals surface area contributed by atoms with E-state index >= 15 is 0 Å². The summed E-state index contributed by atoms with van der Waals surface area (Å²) in [5.74, 6) is 0. The molecule has 0 amide bonds. The topological polar surface area (TPSA) is 61.3 Å². The summed E-state index contributed by atoms with van der Waals surface area (Å²) in [6.45, 7) is 3.58. The second-order valence-corrected chi connectivity index (χ2v) is 5.84. The first kappa shape index (κ1) is 13.2. The minimum atomic E-state index is 0.166. The lowest BCUT2D eigenvalue weighted by atomic mass is 10.2. The molecule has 7 heteroatoms. The average molecular weight is 277 g/mol. The maximum Gasteiger partial charge on any atom is 0.207 e. The number of aromatic nitrogens is 2. The molecular weight excluding hydrogens is 260 g/mol. The van der Waals surface area contributed by atoms with Crippen LogP contribution in [0.4, 0.5) is 0 Å². The predicted molar refractivity (Wildman–Crippen MR) is 68.3 cm³/mol. The zero-order valence-electron chi connectivity index (χ0n) is 9.60. The average Bonchev–Trinajstić information content (AvgIpc) is 2.91. The summed E-state index contributed by atoms with van der Waals surface area (Å²) in [4.78, 5) is 2.19. The third kappa shape index (κ3) is 4.15. The molecule has 1 saturated heterocycles. The van der Waals surface area contributed by atoms with Crippen molar-refractivity contribution in [2.24, 2.45) is 0 Å². The standard InChI is InChI=1S/C10H17ClN4OS/c11-10-14-13-9(17-10)7-15(4-5-16)6-8-2-1-3-12-8/h8,12,16H,1-7H2. The summed E-state index contributed by atoms with van der Waals surface area (Å²) in [6.07, 6.45) is 2.45. The van der Waals surface area contributed by atoms with Crippen LogP contribution in [0.15, 0.2) is 0 Å². The van der Waals surface area contributed by atoms with Gasteiger partial charge in [0.1, 0.15) is 5.01 Å². The fraction of sp³-hybridized carbons (Fsp3) is 0.800. The SMILES string of the molecule is OCCN(Cc1nnc(Cl)s1)CC1CCCN1. The van der Waals surface area contributed by atoms with E-state index in [2.05, 4.69) is 20.4 Å². The predicted octanol–water partition coefficient (Wildman–Crippen LogP) is 0.738. The molecule has 96 valence electrons. The lowest BCUT2D eigenvalue weighted by Crippen LogP contribution is -2.38. The number of hydrogen-bond acceptors (Lipinski definition) is 6. The third-order valence-corrected chi connectivity index (χ3v) is 3.86. The van der Waals surface area contributed by atoms with Crippen LogP contribution in [0.2, 0.25) is 4.47 Å². The van der Waals surface area contributed by atoms with Crippen LogP contribution in [-0.4, -0.2) is 52.5 Å². The van der Waals surface area contributed by atoms with Gasteiger partial charge in [-0.1, -0.05) is 11.3 Å². The van der Waals surface area contributed by atoms with Gasteiger partial charge >= 0.3 is 0 Å². The highest BCUT2D eigenvalue weighted by Gasteiger charge is 2.18. The van der Waals surface area contributed by atoms with Crippen molar-refractivity contribution in [2.45, 2.75) is 25.4 Å². The Morgan fingerprint density at radius 3 is 3.00 bits per heavy atom. The van der Waals surface area contributed by atoms with Crippen LogP contribution in [0.25, 0.3) is 0 Å². The molecule has 0 radical (unpaired) electrons. The first-order valence-corrected chi connectivity index (χ1v) is 7.02. The molecule has 0 saturated carbocycles. The van der Waals surface area contributed by atoms with Crippen LogP contribution in [-0.2, 0) is 6.54 Å². The largest absolute Gasteiger partial charge is 0.395 e. The van der Waals surface area contributed by atoms with E-state index in [1.165, 1.54) is 24.2 Å². The zero-order valence-corrected chi connectivity index (χ0v) is 11.2. The van der Waals surface area contributed by atoms with Gasteiger partial charge in [0.15, 0.2) is 0 Å². The van der Waals surface area contributed by atoms with Crippen LogP contribution in [0.1, 0.15) is 17.8 Å². The van der Waals surface area contributed by atoms with E-state index in [0.29, 0.717) is 23.6 Å². The van der Waals surface area contributed by atoms with E-state index in [1.807, 2.05) is 0 Å². The molecule has 1 fully saturated rings. The van der Waals surface area contributed by atoms with E-state index < -0.39 is 0 Å². The van der Waals surface area contributed by atoms with Crippen molar-refractivity contribution in [2.75, 3.05) is 26.2 Å². The Hall–Kier alpha value is -0.270. The number of nitrogens with zero attached hydrogens (tertiary/aromatic N) is 3. The lowest BCUT2D eigenvalue weighted by molar-refractivity contribution is 0.178. The summed E-state index contributed by atoms with van der Waals surface area (Å²) in [6, 6.07) is 0.532.